The lowest BCUT2D eigenvalue weighted by Crippen LogP contribution is -2.13. The van der Waals surface area contributed by atoms with Crippen molar-refractivity contribution in [3.63, 3.8) is 0 Å². The third kappa shape index (κ3) is 6.15. The number of anilines is 1. The SMILES string of the molecule is CC(C)=Nc1c(C)cc(-c2ccn3nc(NCC4CCCC4)ncc23)cc1F.CC(C)C. The highest BCUT2D eigenvalue weighted by Gasteiger charge is 2.16. The highest BCUT2D eigenvalue weighted by Crippen LogP contribution is 2.32. The summed E-state index contributed by atoms with van der Waals surface area (Å²) >= 11 is 0. The van der Waals surface area contributed by atoms with Crippen molar-refractivity contribution < 1.29 is 4.39 Å². The Bertz CT molecular complexity index is 1050. The van der Waals surface area contributed by atoms with Gasteiger partial charge in [0.2, 0.25) is 5.95 Å². The van der Waals surface area contributed by atoms with Crippen molar-refractivity contribution in [2.45, 2.75) is 67.2 Å². The molecule has 1 aromatic carbocycles. The fraction of sp³-hybridized carbons (Fsp3) is 0.500. The second-order valence-electron chi connectivity index (χ2n) is 9.59. The molecule has 1 aliphatic rings. The Morgan fingerprint density at radius 3 is 2.53 bits per heavy atom. The van der Waals surface area contributed by atoms with Crippen molar-refractivity contribution in [1.82, 2.24) is 14.6 Å². The maximum atomic E-state index is 14.6. The molecule has 1 fully saturated rings. The van der Waals surface area contributed by atoms with Crippen LogP contribution in [0, 0.1) is 24.6 Å². The molecule has 0 spiro atoms. The van der Waals surface area contributed by atoms with Crippen molar-refractivity contribution in [3.8, 4) is 11.1 Å². The number of nitrogens with one attached hydrogen (secondary N) is 1. The minimum absolute atomic E-state index is 0.314. The Labute approximate surface area is 191 Å². The Kier molecular flexibility index (Phi) is 7.99. The van der Waals surface area contributed by atoms with Crippen LogP contribution >= 0.6 is 0 Å². The van der Waals surface area contributed by atoms with Crippen LogP contribution in [0.1, 0.15) is 65.9 Å². The van der Waals surface area contributed by atoms with Crippen molar-refractivity contribution in [3.05, 3.63) is 42.0 Å². The molecule has 32 heavy (non-hydrogen) atoms. The second-order valence-corrected chi connectivity index (χ2v) is 9.59. The number of hydrogen-bond acceptors (Lipinski definition) is 4. The lowest BCUT2D eigenvalue weighted by molar-refractivity contribution is 0.576. The summed E-state index contributed by atoms with van der Waals surface area (Å²) in [5, 5.41) is 7.92. The van der Waals surface area contributed by atoms with E-state index < -0.39 is 0 Å². The van der Waals surface area contributed by atoms with E-state index in [2.05, 4.69) is 41.2 Å². The van der Waals surface area contributed by atoms with Gasteiger partial charge in [0, 0.05) is 24.0 Å². The second kappa shape index (κ2) is 10.7. The van der Waals surface area contributed by atoms with Gasteiger partial charge in [-0.05, 0) is 74.8 Å². The van der Waals surface area contributed by atoms with Crippen LogP contribution in [0.5, 0.6) is 0 Å². The molecule has 2 aromatic heterocycles. The minimum Gasteiger partial charge on any atom is -0.353 e. The van der Waals surface area contributed by atoms with Crippen LogP contribution in [0.15, 0.2) is 35.6 Å². The van der Waals surface area contributed by atoms with Gasteiger partial charge < -0.3 is 5.32 Å². The molecule has 1 saturated carbocycles. The zero-order valence-corrected chi connectivity index (χ0v) is 20.2. The van der Waals surface area contributed by atoms with Crippen LogP contribution in [0.4, 0.5) is 16.0 Å². The largest absolute Gasteiger partial charge is 0.353 e. The molecule has 6 heteroatoms. The first kappa shape index (κ1) is 23.9. The maximum Gasteiger partial charge on any atom is 0.241 e. The Morgan fingerprint density at radius 1 is 1.22 bits per heavy atom. The average molecular weight is 438 g/mol. The van der Waals surface area contributed by atoms with Gasteiger partial charge in [-0.1, -0.05) is 33.6 Å². The molecule has 0 aliphatic heterocycles. The summed E-state index contributed by atoms with van der Waals surface area (Å²) in [6.45, 7) is 13.0. The topological polar surface area (TPSA) is 54.6 Å². The molecule has 0 bridgehead atoms. The van der Waals surface area contributed by atoms with E-state index in [1.54, 1.807) is 10.7 Å². The quantitative estimate of drug-likeness (QED) is 0.429. The predicted molar refractivity (Wildman–Crippen MR) is 133 cm³/mol. The third-order valence-corrected chi connectivity index (χ3v) is 5.34. The number of fused-ring (bicyclic) bond motifs is 1. The van der Waals surface area contributed by atoms with Crippen molar-refractivity contribution in [1.29, 1.82) is 0 Å². The standard InChI is InChI=1S/C22H26FN5.C4H10/c1-14(2)26-21-15(3)10-17(11-19(21)23)18-8-9-28-20(18)13-25-22(27-28)24-12-16-6-4-5-7-16;1-4(2)3/h8-11,13,16H,4-7,12H2,1-3H3,(H,24,27);4H,1-3H3. The first-order chi connectivity index (χ1) is 15.2. The van der Waals surface area contributed by atoms with Gasteiger partial charge in [-0.2, -0.15) is 0 Å². The summed E-state index contributed by atoms with van der Waals surface area (Å²) in [7, 11) is 0. The van der Waals surface area contributed by atoms with E-state index in [9.17, 15) is 4.39 Å². The van der Waals surface area contributed by atoms with E-state index in [1.165, 1.54) is 31.7 Å². The molecule has 3 aromatic rings. The molecular formula is C26H36FN5. The summed E-state index contributed by atoms with van der Waals surface area (Å²) in [6, 6.07) is 5.45. The molecule has 0 atom stereocenters. The number of rotatable bonds is 5. The van der Waals surface area contributed by atoms with Gasteiger partial charge in [-0.15, -0.1) is 5.10 Å². The Balaban J connectivity index is 0.000000668. The van der Waals surface area contributed by atoms with Gasteiger partial charge in [0.1, 0.15) is 11.5 Å². The molecule has 4 rings (SSSR count). The summed E-state index contributed by atoms with van der Waals surface area (Å²) < 4.78 is 16.4. The number of benzene rings is 1. The van der Waals surface area contributed by atoms with Crippen molar-refractivity contribution >= 4 is 22.9 Å². The number of aromatic nitrogens is 3. The molecule has 0 unspecified atom stereocenters. The summed E-state index contributed by atoms with van der Waals surface area (Å²) in [5.74, 6) is 1.87. The zero-order chi connectivity index (χ0) is 23.3. The summed E-state index contributed by atoms with van der Waals surface area (Å²) in [5.41, 5.74) is 4.62. The number of aryl methyl sites for hydroxylation is 1. The third-order valence-electron chi connectivity index (χ3n) is 5.34. The lowest BCUT2D eigenvalue weighted by atomic mass is 10.0. The first-order valence-electron chi connectivity index (χ1n) is 11.6. The molecular weight excluding hydrogens is 401 g/mol. The molecule has 5 nitrogen and oxygen atoms in total. The smallest absolute Gasteiger partial charge is 0.241 e. The van der Waals surface area contributed by atoms with Crippen LogP contribution in [0.3, 0.4) is 0 Å². The van der Waals surface area contributed by atoms with Gasteiger partial charge in [-0.3, -0.25) is 4.99 Å². The molecule has 0 amide bonds. The van der Waals surface area contributed by atoms with Crippen LogP contribution in [-0.4, -0.2) is 26.9 Å². The van der Waals surface area contributed by atoms with Gasteiger partial charge in [0.25, 0.3) is 0 Å². The van der Waals surface area contributed by atoms with E-state index in [-0.39, 0.29) is 5.82 Å². The van der Waals surface area contributed by atoms with E-state index in [1.807, 2.05) is 39.1 Å². The van der Waals surface area contributed by atoms with Crippen molar-refractivity contribution in [2.75, 3.05) is 11.9 Å². The minimum atomic E-state index is -0.314. The van der Waals surface area contributed by atoms with Crippen molar-refractivity contribution in [2.24, 2.45) is 16.8 Å². The monoisotopic (exact) mass is 437 g/mol. The fourth-order valence-electron chi connectivity index (χ4n) is 3.93. The van der Waals surface area contributed by atoms with E-state index in [0.29, 0.717) is 11.6 Å². The molecule has 1 aliphatic carbocycles. The normalized spacial score (nSPS) is 13.9. The maximum absolute atomic E-state index is 14.6. The predicted octanol–water partition coefficient (Wildman–Crippen LogP) is 7.22. The zero-order valence-electron chi connectivity index (χ0n) is 20.2. The van der Waals surface area contributed by atoms with Gasteiger partial charge in [-0.25, -0.2) is 13.9 Å². The number of halogens is 1. The highest BCUT2D eigenvalue weighted by molar-refractivity contribution is 5.85. The van der Waals surface area contributed by atoms with Crippen LogP contribution < -0.4 is 5.32 Å². The first-order valence-corrected chi connectivity index (χ1v) is 11.6. The van der Waals surface area contributed by atoms with Gasteiger partial charge >= 0.3 is 0 Å². The fourth-order valence-corrected chi connectivity index (χ4v) is 3.93. The van der Waals surface area contributed by atoms with Gasteiger partial charge in [0.05, 0.1) is 11.7 Å². The molecule has 0 radical (unpaired) electrons. The van der Waals surface area contributed by atoms with E-state index >= 15 is 0 Å². The number of aliphatic imine (C=N–C) groups is 1. The lowest BCUT2D eigenvalue weighted by Gasteiger charge is -2.10. The van der Waals surface area contributed by atoms with E-state index in [4.69, 9.17) is 0 Å². The Hall–Kier alpha value is -2.76. The molecule has 0 saturated heterocycles. The molecule has 1 N–H and O–H groups in total. The Morgan fingerprint density at radius 2 is 1.91 bits per heavy atom. The molecule has 2 heterocycles. The van der Waals surface area contributed by atoms with Crippen LogP contribution in [-0.2, 0) is 0 Å². The summed E-state index contributed by atoms with van der Waals surface area (Å²) in [4.78, 5) is 8.78. The molecule has 172 valence electrons. The van der Waals surface area contributed by atoms with Crippen LogP contribution in [0.2, 0.25) is 0 Å². The average Bonchev–Trinajstić information content (AvgIpc) is 3.37. The van der Waals surface area contributed by atoms with Gasteiger partial charge in [0.15, 0.2) is 0 Å². The number of hydrogen-bond donors (Lipinski definition) is 1. The number of nitrogens with zero attached hydrogens (tertiary/aromatic N) is 4. The summed E-state index contributed by atoms with van der Waals surface area (Å²) in [6.07, 6.45) is 8.91. The highest BCUT2D eigenvalue weighted by atomic mass is 19.1. The van der Waals surface area contributed by atoms with E-state index in [0.717, 1.165) is 46.3 Å². The van der Waals surface area contributed by atoms with Crippen LogP contribution in [0.25, 0.3) is 16.6 Å².